The number of hydrogen-bond acceptors (Lipinski definition) is 0. The first-order chi connectivity index (χ1) is 3.27. The first-order valence-electron chi connectivity index (χ1n) is 2.22. The van der Waals surface area contributed by atoms with Crippen LogP contribution in [0.4, 0.5) is 0 Å². The number of allylic oxidation sites excluding steroid dienone is 2. The zero-order chi connectivity index (χ0) is 5.70. The molecule has 0 nitrogen and oxygen atoms in total. The summed E-state index contributed by atoms with van der Waals surface area (Å²) in [6.45, 7) is 2.03. The van der Waals surface area contributed by atoms with Gasteiger partial charge in [0, 0.05) is 0 Å². The Labute approximate surface area is 54.1 Å². The molecule has 0 spiro atoms. The number of halogens is 2. The second kappa shape index (κ2) is 4.48. The van der Waals surface area contributed by atoms with Gasteiger partial charge in [0.05, 0.1) is 0 Å². The van der Waals surface area contributed by atoms with Gasteiger partial charge in [0.2, 0.25) is 0 Å². The minimum atomic E-state index is -0.333. The van der Waals surface area contributed by atoms with Crippen LogP contribution >= 0.6 is 23.2 Å². The van der Waals surface area contributed by atoms with Crippen molar-refractivity contribution in [1.82, 2.24) is 0 Å². The van der Waals surface area contributed by atoms with Gasteiger partial charge in [-0.1, -0.05) is 19.1 Å². The summed E-state index contributed by atoms with van der Waals surface area (Å²) in [5.74, 6) is 0. The molecule has 0 aliphatic rings. The van der Waals surface area contributed by atoms with Gasteiger partial charge in [-0.15, -0.1) is 23.2 Å². The predicted molar refractivity (Wildman–Crippen MR) is 34.9 cm³/mol. The maximum Gasteiger partial charge on any atom is 0.125 e. The second-order valence-corrected chi connectivity index (χ2v) is 2.33. The topological polar surface area (TPSA) is 0 Å². The van der Waals surface area contributed by atoms with Crippen LogP contribution < -0.4 is 0 Å². The largest absolute Gasteiger partial charge is 0.125 e. The Hall–Kier alpha value is 0.320. The van der Waals surface area contributed by atoms with Gasteiger partial charge in [-0.3, -0.25) is 0 Å². The molecule has 0 saturated heterocycles. The van der Waals surface area contributed by atoms with Crippen LogP contribution in [-0.2, 0) is 0 Å². The highest BCUT2D eigenvalue weighted by Gasteiger charge is 1.84. The molecule has 0 rings (SSSR count). The Bertz CT molecular complexity index is 57.1. The Morgan fingerprint density at radius 2 is 2.14 bits per heavy atom. The summed E-state index contributed by atoms with van der Waals surface area (Å²) < 4.78 is 0. The van der Waals surface area contributed by atoms with Gasteiger partial charge in [0.25, 0.3) is 0 Å². The van der Waals surface area contributed by atoms with E-state index in [1.54, 1.807) is 6.08 Å². The molecule has 0 amide bonds. The minimum Gasteiger partial charge on any atom is -0.101 e. The summed E-state index contributed by atoms with van der Waals surface area (Å²) in [6, 6.07) is 0. The summed E-state index contributed by atoms with van der Waals surface area (Å²) >= 11 is 10.7. The van der Waals surface area contributed by atoms with Crippen molar-refractivity contribution < 1.29 is 0 Å². The lowest BCUT2D eigenvalue weighted by atomic mass is 10.4. The third kappa shape index (κ3) is 6.32. The van der Waals surface area contributed by atoms with Crippen molar-refractivity contribution in [2.45, 2.75) is 18.2 Å². The second-order valence-electron chi connectivity index (χ2n) is 1.17. The summed E-state index contributed by atoms with van der Waals surface area (Å²) in [5, 5.41) is 0. The molecule has 0 atom stereocenters. The zero-order valence-corrected chi connectivity index (χ0v) is 5.71. The highest BCUT2D eigenvalue weighted by Crippen LogP contribution is 2.02. The maximum atomic E-state index is 5.34. The van der Waals surface area contributed by atoms with Crippen molar-refractivity contribution in [3.05, 3.63) is 12.2 Å². The number of hydrogen-bond donors (Lipinski definition) is 0. The molecular weight excluding hydrogens is 131 g/mol. The zero-order valence-electron chi connectivity index (χ0n) is 4.20. The average Bonchev–Trinajstić information content (AvgIpc) is 1.61. The van der Waals surface area contributed by atoms with Gasteiger partial charge >= 0.3 is 0 Å². The van der Waals surface area contributed by atoms with Gasteiger partial charge in [0.1, 0.15) is 4.84 Å². The van der Waals surface area contributed by atoms with E-state index in [0.29, 0.717) is 0 Å². The highest BCUT2D eigenvalue weighted by molar-refractivity contribution is 6.45. The molecule has 0 fully saturated rings. The lowest BCUT2D eigenvalue weighted by Gasteiger charge is -1.83. The van der Waals surface area contributed by atoms with E-state index in [4.69, 9.17) is 23.2 Å². The summed E-state index contributed by atoms with van der Waals surface area (Å²) in [5.41, 5.74) is 0. The monoisotopic (exact) mass is 138 g/mol. The molecule has 0 saturated carbocycles. The van der Waals surface area contributed by atoms with Crippen LogP contribution in [0.2, 0.25) is 0 Å². The van der Waals surface area contributed by atoms with E-state index < -0.39 is 0 Å². The minimum absolute atomic E-state index is 0.333. The third-order valence-corrected chi connectivity index (χ3v) is 0.808. The lowest BCUT2D eigenvalue weighted by Crippen LogP contribution is -1.73. The van der Waals surface area contributed by atoms with Gasteiger partial charge < -0.3 is 0 Å². The molecule has 0 bridgehead atoms. The van der Waals surface area contributed by atoms with Gasteiger partial charge in [-0.05, 0) is 6.42 Å². The Kier molecular flexibility index (Phi) is 4.68. The molecule has 0 radical (unpaired) electrons. The SMILES string of the molecule is CCC=CC(Cl)Cl. The van der Waals surface area contributed by atoms with E-state index >= 15 is 0 Å². The molecule has 42 valence electrons. The average molecular weight is 139 g/mol. The highest BCUT2D eigenvalue weighted by atomic mass is 35.5. The third-order valence-electron chi connectivity index (χ3n) is 0.517. The molecule has 0 aliphatic heterocycles. The molecule has 0 aliphatic carbocycles. The quantitative estimate of drug-likeness (QED) is 0.407. The van der Waals surface area contributed by atoms with Crippen LogP contribution in [0.3, 0.4) is 0 Å². The number of rotatable bonds is 2. The lowest BCUT2D eigenvalue weighted by molar-refractivity contribution is 1.21. The normalized spacial score (nSPS) is 11.4. The molecule has 0 aromatic heterocycles. The Morgan fingerprint density at radius 1 is 1.57 bits per heavy atom. The van der Waals surface area contributed by atoms with E-state index in [1.807, 2.05) is 13.0 Å². The van der Waals surface area contributed by atoms with Crippen molar-refractivity contribution in [1.29, 1.82) is 0 Å². The molecule has 0 unspecified atom stereocenters. The van der Waals surface area contributed by atoms with E-state index in [2.05, 4.69) is 0 Å². The van der Waals surface area contributed by atoms with Crippen molar-refractivity contribution >= 4 is 23.2 Å². The molecular formula is C5H8Cl2. The standard InChI is InChI=1S/C5H8Cl2/c1-2-3-4-5(6)7/h3-5H,2H2,1H3. The van der Waals surface area contributed by atoms with E-state index in [9.17, 15) is 0 Å². The van der Waals surface area contributed by atoms with Crippen LogP contribution in [0.25, 0.3) is 0 Å². The summed E-state index contributed by atoms with van der Waals surface area (Å²) in [7, 11) is 0. The summed E-state index contributed by atoms with van der Waals surface area (Å²) in [6.07, 6.45) is 4.68. The first kappa shape index (κ1) is 7.32. The smallest absolute Gasteiger partial charge is 0.101 e. The maximum absolute atomic E-state index is 5.34. The van der Waals surface area contributed by atoms with Crippen molar-refractivity contribution in [2.75, 3.05) is 0 Å². The van der Waals surface area contributed by atoms with Crippen molar-refractivity contribution in [3.8, 4) is 0 Å². The van der Waals surface area contributed by atoms with Crippen LogP contribution in [0.15, 0.2) is 12.2 Å². The molecule has 0 N–H and O–H groups in total. The van der Waals surface area contributed by atoms with Crippen molar-refractivity contribution in [2.24, 2.45) is 0 Å². The fourth-order valence-corrected chi connectivity index (χ4v) is 0.445. The fraction of sp³-hybridized carbons (Fsp3) is 0.600. The van der Waals surface area contributed by atoms with Gasteiger partial charge in [0.15, 0.2) is 0 Å². The van der Waals surface area contributed by atoms with Crippen LogP contribution in [0, 0.1) is 0 Å². The Balaban J connectivity index is 3.08. The van der Waals surface area contributed by atoms with Gasteiger partial charge in [-0.2, -0.15) is 0 Å². The van der Waals surface area contributed by atoms with Crippen molar-refractivity contribution in [3.63, 3.8) is 0 Å². The van der Waals surface area contributed by atoms with Crippen LogP contribution in [0.1, 0.15) is 13.3 Å². The van der Waals surface area contributed by atoms with Gasteiger partial charge in [-0.25, -0.2) is 0 Å². The molecule has 0 aromatic carbocycles. The molecule has 7 heavy (non-hydrogen) atoms. The Morgan fingerprint density at radius 3 is 2.29 bits per heavy atom. The van der Waals surface area contributed by atoms with Crippen LogP contribution in [0.5, 0.6) is 0 Å². The molecule has 2 heteroatoms. The van der Waals surface area contributed by atoms with E-state index in [1.165, 1.54) is 0 Å². The molecule has 0 heterocycles. The first-order valence-corrected chi connectivity index (χ1v) is 3.09. The van der Waals surface area contributed by atoms with E-state index in [0.717, 1.165) is 6.42 Å². The fourth-order valence-electron chi connectivity index (χ4n) is 0.239. The van der Waals surface area contributed by atoms with Crippen LogP contribution in [-0.4, -0.2) is 4.84 Å². The molecule has 0 aromatic rings. The van der Waals surface area contributed by atoms with E-state index in [-0.39, 0.29) is 4.84 Å². The summed E-state index contributed by atoms with van der Waals surface area (Å²) in [4.78, 5) is -0.333. The predicted octanol–water partition coefficient (Wildman–Crippen LogP) is 2.76. The number of alkyl halides is 2.